The maximum Gasteiger partial charge on any atom is 0.412 e. The molecule has 1 heterocycles. The van der Waals surface area contributed by atoms with Crippen molar-refractivity contribution < 1.29 is 9.53 Å². The van der Waals surface area contributed by atoms with Crippen molar-refractivity contribution in [2.24, 2.45) is 0 Å². The van der Waals surface area contributed by atoms with Gasteiger partial charge in [0.1, 0.15) is 6.61 Å². The highest BCUT2D eigenvalue weighted by molar-refractivity contribution is 9.10. The van der Waals surface area contributed by atoms with Gasteiger partial charge < -0.3 is 4.74 Å². The van der Waals surface area contributed by atoms with Gasteiger partial charge in [-0.05, 0) is 29.8 Å². The fourth-order valence-corrected chi connectivity index (χ4v) is 2.45. The third-order valence-electron chi connectivity index (χ3n) is 3.16. The Bertz CT molecular complexity index is 789. The first kappa shape index (κ1) is 15.3. The lowest BCUT2D eigenvalue weighted by Crippen LogP contribution is -2.15. The number of amides is 1. The number of hydrogen-bond acceptors (Lipinski definition) is 3. The maximum absolute atomic E-state index is 12.0. The van der Waals surface area contributed by atoms with E-state index in [2.05, 4.69) is 26.3 Å². The second-order valence-electron chi connectivity index (χ2n) is 4.80. The molecule has 0 unspecified atom stereocenters. The quantitative estimate of drug-likeness (QED) is 0.739. The summed E-state index contributed by atoms with van der Waals surface area (Å²) in [5, 5.41) is 6.94. The Hall–Kier alpha value is -2.60. The molecule has 0 aliphatic rings. The summed E-state index contributed by atoms with van der Waals surface area (Å²) in [6.45, 7) is 0.220. The van der Waals surface area contributed by atoms with E-state index in [1.165, 1.54) is 0 Å². The minimum atomic E-state index is -0.514. The van der Waals surface area contributed by atoms with E-state index in [-0.39, 0.29) is 6.61 Å². The average molecular weight is 372 g/mol. The lowest BCUT2D eigenvalue weighted by molar-refractivity contribution is 0.155. The van der Waals surface area contributed by atoms with E-state index in [1.54, 1.807) is 16.9 Å². The average Bonchev–Trinajstić information content (AvgIpc) is 3.08. The minimum Gasteiger partial charge on any atom is -0.444 e. The van der Waals surface area contributed by atoms with E-state index in [0.717, 1.165) is 15.7 Å². The fourth-order valence-electron chi connectivity index (χ4n) is 2.09. The minimum absolute atomic E-state index is 0.220. The number of carbonyl (C=O) groups excluding carboxylic acids is 1. The predicted octanol–water partition coefficient (Wildman–Crippen LogP) is 4.38. The molecule has 0 aliphatic heterocycles. The van der Waals surface area contributed by atoms with Crippen molar-refractivity contribution in [2.45, 2.75) is 6.61 Å². The Morgan fingerprint density at radius 2 is 2.00 bits per heavy atom. The van der Waals surface area contributed by atoms with Crippen LogP contribution < -0.4 is 5.32 Å². The van der Waals surface area contributed by atoms with Gasteiger partial charge in [-0.25, -0.2) is 9.48 Å². The lowest BCUT2D eigenvalue weighted by Gasteiger charge is -2.12. The first-order valence-electron chi connectivity index (χ1n) is 6.99. The number of benzene rings is 2. The van der Waals surface area contributed by atoms with Crippen LogP contribution in [0.2, 0.25) is 0 Å². The molecule has 0 atom stereocenters. The Morgan fingerprint density at radius 3 is 2.74 bits per heavy atom. The highest BCUT2D eigenvalue weighted by Crippen LogP contribution is 2.24. The second kappa shape index (κ2) is 7.11. The molecule has 0 aliphatic carbocycles. The lowest BCUT2D eigenvalue weighted by atomic mass is 10.2. The van der Waals surface area contributed by atoms with Gasteiger partial charge in [0.25, 0.3) is 0 Å². The van der Waals surface area contributed by atoms with Crippen LogP contribution in [0.15, 0.2) is 71.5 Å². The van der Waals surface area contributed by atoms with E-state index in [0.29, 0.717) is 5.69 Å². The van der Waals surface area contributed by atoms with Gasteiger partial charge in [-0.15, -0.1) is 0 Å². The monoisotopic (exact) mass is 371 g/mol. The summed E-state index contributed by atoms with van der Waals surface area (Å²) >= 11 is 3.40. The van der Waals surface area contributed by atoms with Crippen LogP contribution in [0.1, 0.15) is 5.56 Å². The molecular formula is C17H14BrN3O2. The molecule has 1 aromatic heterocycles. The van der Waals surface area contributed by atoms with Gasteiger partial charge in [-0.1, -0.05) is 46.3 Å². The van der Waals surface area contributed by atoms with Crippen LogP contribution in [0, 0.1) is 0 Å². The van der Waals surface area contributed by atoms with Gasteiger partial charge in [-0.2, -0.15) is 5.10 Å². The van der Waals surface area contributed by atoms with Crippen LogP contribution in [0.4, 0.5) is 10.5 Å². The van der Waals surface area contributed by atoms with E-state index in [4.69, 9.17) is 4.74 Å². The first-order chi connectivity index (χ1) is 11.2. The molecule has 0 saturated heterocycles. The Labute approximate surface area is 142 Å². The largest absolute Gasteiger partial charge is 0.444 e. The SMILES string of the molecule is O=C(Nc1cc(Br)ccc1-n1cccn1)OCc1ccccc1. The highest BCUT2D eigenvalue weighted by atomic mass is 79.9. The van der Waals surface area contributed by atoms with E-state index < -0.39 is 6.09 Å². The summed E-state index contributed by atoms with van der Waals surface area (Å²) in [5.74, 6) is 0. The zero-order chi connectivity index (χ0) is 16.1. The predicted molar refractivity (Wildman–Crippen MR) is 91.5 cm³/mol. The molecule has 2 aromatic carbocycles. The molecule has 1 N–H and O–H groups in total. The summed E-state index contributed by atoms with van der Waals surface area (Å²) < 4.78 is 7.78. The number of ether oxygens (including phenoxy) is 1. The molecule has 3 rings (SSSR count). The van der Waals surface area contributed by atoms with Gasteiger partial charge in [0.2, 0.25) is 0 Å². The van der Waals surface area contributed by atoms with Crippen LogP contribution >= 0.6 is 15.9 Å². The van der Waals surface area contributed by atoms with Gasteiger partial charge in [0.05, 0.1) is 11.4 Å². The molecule has 5 nitrogen and oxygen atoms in total. The van der Waals surface area contributed by atoms with Gasteiger partial charge >= 0.3 is 6.09 Å². The third-order valence-corrected chi connectivity index (χ3v) is 3.65. The zero-order valence-corrected chi connectivity index (χ0v) is 13.7. The number of aromatic nitrogens is 2. The summed E-state index contributed by atoms with van der Waals surface area (Å²) in [6, 6.07) is 16.9. The Morgan fingerprint density at radius 1 is 1.17 bits per heavy atom. The van der Waals surface area contributed by atoms with Crippen molar-refractivity contribution in [3.05, 3.63) is 77.0 Å². The number of hydrogen-bond donors (Lipinski definition) is 1. The first-order valence-corrected chi connectivity index (χ1v) is 7.79. The fraction of sp³-hybridized carbons (Fsp3) is 0.0588. The molecule has 0 radical (unpaired) electrons. The van der Waals surface area contributed by atoms with Crippen molar-refractivity contribution in [2.75, 3.05) is 5.32 Å². The van der Waals surface area contributed by atoms with E-state index in [1.807, 2.05) is 54.7 Å². The molecule has 3 aromatic rings. The molecule has 0 spiro atoms. The topological polar surface area (TPSA) is 56.2 Å². The normalized spacial score (nSPS) is 10.3. The molecule has 0 fully saturated rings. The van der Waals surface area contributed by atoms with Gasteiger partial charge in [0.15, 0.2) is 0 Å². The van der Waals surface area contributed by atoms with Crippen LogP contribution in [0.25, 0.3) is 5.69 Å². The summed E-state index contributed by atoms with van der Waals surface area (Å²) in [4.78, 5) is 12.0. The number of nitrogens with one attached hydrogen (secondary N) is 1. The molecule has 116 valence electrons. The number of anilines is 1. The van der Waals surface area contributed by atoms with Crippen LogP contribution in [0.3, 0.4) is 0 Å². The molecule has 6 heteroatoms. The smallest absolute Gasteiger partial charge is 0.412 e. The third kappa shape index (κ3) is 3.98. The van der Waals surface area contributed by atoms with Crippen LogP contribution in [0.5, 0.6) is 0 Å². The maximum atomic E-state index is 12.0. The van der Waals surface area contributed by atoms with Gasteiger partial charge in [-0.3, -0.25) is 5.32 Å². The summed E-state index contributed by atoms with van der Waals surface area (Å²) in [5.41, 5.74) is 2.31. The standard InChI is InChI=1S/C17H14BrN3O2/c18-14-7-8-16(21-10-4-9-19-21)15(11-14)20-17(22)23-12-13-5-2-1-3-6-13/h1-11H,12H2,(H,20,22). The molecular weight excluding hydrogens is 358 g/mol. The number of nitrogens with zero attached hydrogens (tertiary/aromatic N) is 2. The second-order valence-corrected chi connectivity index (χ2v) is 5.71. The Kier molecular flexibility index (Phi) is 4.73. The number of rotatable bonds is 4. The number of carbonyl (C=O) groups is 1. The molecule has 1 amide bonds. The van der Waals surface area contributed by atoms with E-state index in [9.17, 15) is 4.79 Å². The summed E-state index contributed by atoms with van der Waals surface area (Å²) in [7, 11) is 0. The van der Waals surface area contributed by atoms with Crippen molar-refractivity contribution in [1.29, 1.82) is 0 Å². The molecule has 0 bridgehead atoms. The molecule has 0 saturated carbocycles. The van der Waals surface area contributed by atoms with Crippen molar-refractivity contribution in [1.82, 2.24) is 9.78 Å². The van der Waals surface area contributed by atoms with Gasteiger partial charge in [0, 0.05) is 16.9 Å². The van der Waals surface area contributed by atoms with Crippen molar-refractivity contribution >= 4 is 27.7 Å². The van der Waals surface area contributed by atoms with Crippen LogP contribution in [-0.2, 0) is 11.3 Å². The highest BCUT2D eigenvalue weighted by Gasteiger charge is 2.10. The molecule has 23 heavy (non-hydrogen) atoms. The number of halogens is 1. The van der Waals surface area contributed by atoms with Crippen LogP contribution in [-0.4, -0.2) is 15.9 Å². The Balaban J connectivity index is 1.72. The van der Waals surface area contributed by atoms with Crippen molar-refractivity contribution in [3.8, 4) is 5.69 Å². The summed E-state index contributed by atoms with van der Waals surface area (Å²) in [6.07, 6.45) is 2.98. The zero-order valence-electron chi connectivity index (χ0n) is 12.1. The van der Waals surface area contributed by atoms with Crippen molar-refractivity contribution in [3.63, 3.8) is 0 Å². The van der Waals surface area contributed by atoms with E-state index >= 15 is 0 Å².